The lowest BCUT2D eigenvalue weighted by molar-refractivity contribution is -0.118. The number of carbonyl (C=O) groups is 1. The number of aryl methyl sites for hydroxylation is 1. The van der Waals surface area contributed by atoms with E-state index in [9.17, 15) is 4.79 Å². The number of amides is 1. The van der Waals surface area contributed by atoms with Crippen molar-refractivity contribution in [3.63, 3.8) is 0 Å². The molecule has 0 spiro atoms. The molecule has 3 aromatic rings. The van der Waals surface area contributed by atoms with Gasteiger partial charge in [0.1, 0.15) is 0 Å². The maximum absolute atomic E-state index is 13.2. The van der Waals surface area contributed by atoms with Gasteiger partial charge in [-0.05, 0) is 43.0 Å². The quantitative estimate of drug-likeness (QED) is 0.674. The minimum Gasteiger partial charge on any atom is -0.376 e. The van der Waals surface area contributed by atoms with E-state index in [2.05, 4.69) is 0 Å². The van der Waals surface area contributed by atoms with Crippen LogP contribution in [0.1, 0.15) is 24.0 Å². The van der Waals surface area contributed by atoms with E-state index in [4.69, 9.17) is 9.72 Å². The average molecular weight is 366 g/mol. The summed E-state index contributed by atoms with van der Waals surface area (Å²) < 4.78 is 6.89. The molecule has 1 aliphatic heterocycles. The molecule has 0 bridgehead atoms. The molecule has 0 radical (unpaired) electrons. The van der Waals surface area contributed by atoms with Crippen LogP contribution in [0.5, 0.6) is 0 Å². The molecular weight excluding hydrogens is 344 g/mol. The third kappa shape index (κ3) is 3.64. The van der Waals surface area contributed by atoms with Crippen molar-refractivity contribution in [3.05, 3.63) is 59.7 Å². The Bertz CT molecular complexity index is 882. The molecule has 5 heteroatoms. The average Bonchev–Trinajstić information content (AvgIpc) is 3.30. The number of nitrogens with zero attached hydrogens (tertiary/aromatic N) is 2. The second-order valence-electron chi connectivity index (χ2n) is 6.71. The third-order valence-electron chi connectivity index (χ3n) is 4.83. The second-order valence-corrected chi connectivity index (χ2v) is 7.72. The van der Waals surface area contributed by atoms with Crippen LogP contribution in [-0.2, 0) is 16.0 Å². The first-order valence-corrected chi connectivity index (χ1v) is 9.84. The van der Waals surface area contributed by atoms with Gasteiger partial charge in [0.2, 0.25) is 5.91 Å². The van der Waals surface area contributed by atoms with Crippen molar-refractivity contribution < 1.29 is 9.53 Å². The summed E-state index contributed by atoms with van der Waals surface area (Å²) in [6.45, 7) is 3.40. The number of benzene rings is 2. The van der Waals surface area contributed by atoms with Crippen LogP contribution in [0.3, 0.4) is 0 Å². The lowest BCUT2D eigenvalue weighted by Gasteiger charge is -2.23. The fraction of sp³-hybridized carbons (Fsp3) is 0.333. The van der Waals surface area contributed by atoms with Gasteiger partial charge >= 0.3 is 0 Å². The normalized spacial score (nSPS) is 16.9. The van der Waals surface area contributed by atoms with Crippen LogP contribution < -0.4 is 4.90 Å². The molecule has 0 unspecified atom stereocenters. The highest BCUT2D eigenvalue weighted by Crippen LogP contribution is 2.30. The van der Waals surface area contributed by atoms with Gasteiger partial charge in [0.15, 0.2) is 5.13 Å². The van der Waals surface area contributed by atoms with E-state index in [-0.39, 0.29) is 12.0 Å². The van der Waals surface area contributed by atoms with Crippen LogP contribution in [0, 0.1) is 6.92 Å². The molecule has 0 saturated carbocycles. The van der Waals surface area contributed by atoms with E-state index in [1.807, 2.05) is 60.4 Å². The van der Waals surface area contributed by atoms with Gasteiger partial charge in [0, 0.05) is 6.61 Å². The highest BCUT2D eigenvalue weighted by atomic mass is 32.1. The standard InChI is InChI=1S/C21H22N2O2S/c1-15-7-2-3-8-16(15)13-20(24)23(14-17-9-6-12-25-17)21-22-18-10-4-5-11-19(18)26-21/h2-5,7-8,10-11,17H,6,9,12-14H2,1H3/t17-/m1/s1. The highest BCUT2D eigenvalue weighted by molar-refractivity contribution is 7.22. The largest absolute Gasteiger partial charge is 0.376 e. The smallest absolute Gasteiger partial charge is 0.233 e. The molecule has 1 aliphatic rings. The molecule has 26 heavy (non-hydrogen) atoms. The number of hydrogen-bond acceptors (Lipinski definition) is 4. The van der Waals surface area contributed by atoms with Gasteiger partial charge in [-0.15, -0.1) is 0 Å². The summed E-state index contributed by atoms with van der Waals surface area (Å²) in [6.07, 6.45) is 2.54. The number of aromatic nitrogens is 1. The highest BCUT2D eigenvalue weighted by Gasteiger charge is 2.26. The second kappa shape index (κ2) is 7.56. The molecule has 1 amide bonds. The lowest BCUT2D eigenvalue weighted by Crippen LogP contribution is -2.38. The third-order valence-corrected chi connectivity index (χ3v) is 5.89. The molecule has 2 heterocycles. The van der Waals surface area contributed by atoms with Crippen LogP contribution in [0.25, 0.3) is 10.2 Å². The summed E-state index contributed by atoms with van der Waals surface area (Å²) >= 11 is 1.57. The number of rotatable bonds is 5. The molecule has 1 atom stereocenters. The number of thiazole rings is 1. The molecule has 1 saturated heterocycles. The van der Waals surface area contributed by atoms with Crippen LogP contribution >= 0.6 is 11.3 Å². The van der Waals surface area contributed by atoms with Crippen molar-refractivity contribution in [1.82, 2.24) is 4.98 Å². The predicted octanol–water partition coefficient (Wildman–Crippen LogP) is 4.36. The van der Waals surface area contributed by atoms with Crippen LogP contribution in [-0.4, -0.2) is 30.1 Å². The molecule has 2 aromatic carbocycles. The van der Waals surface area contributed by atoms with E-state index >= 15 is 0 Å². The van der Waals surface area contributed by atoms with Crippen molar-refractivity contribution in [3.8, 4) is 0 Å². The van der Waals surface area contributed by atoms with Gasteiger partial charge in [-0.3, -0.25) is 9.69 Å². The molecule has 0 N–H and O–H groups in total. The number of hydrogen-bond donors (Lipinski definition) is 0. The molecule has 134 valence electrons. The minimum absolute atomic E-state index is 0.0776. The number of fused-ring (bicyclic) bond motifs is 1. The molecule has 1 fully saturated rings. The van der Waals surface area contributed by atoms with Gasteiger partial charge in [-0.2, -0.15) is 0 Å². The van der Waals surface area contributed by atoms with Crippen molar-refractivity contribution in [2.75, 3.05) is 18.1 Å². The fourth-order valence-corrected chi connectivity index (χ4v) is 4.31. The summed E-state index contributed by atoms with van der Waals surface area (Å²) in [6, 6.07) is 16.1. The predicted molar refractivity (Wildman–Crippen MR) is 106 cm³/mol. The Morgan fingerprint density at radius 1 is 1.23 bits per heavy atom. The first-order valence-electron chi connectivity index (χ1n) is 9.03. The maximum Gasteiger partial charge on any atom is 0.233 e. The van der Waals surface area contributed by atoms with Crippen molar-refractivity contribution in [2.24, 2.45) is 0 Å². The fourth-order valence-electron chi connectivity index (χ4n) is 3.32. The molecule has 1 aromatic heterocycles. The van der Waals surface area contributed by atoms with Gasteiger partial charge < -0.3 is 4.74 Å². The van der Waals surface area contributed by atoms with Crippen molar-refractivity contribution >= 4 is 32.6 Å². The molecule has 0 aliphatic carbocycles. The molecular formula is C21H22N2O2S. The van der Waals surface area contributed by atoms with Gasteiger partial charge in [-0.1, -0.05) is 47.7 Å². The Balaban J connectivity index is 1.63. The summed E-state index contributed by atoms with van der Waals surface area (Å²) in [5.41, 5.74) is 3.15. The maximum atomic E-state index is 13.2. The summed E-state index contributed by atoms with van der Waals surface area (Å²) in [5, 5.41) is 0.764. The Labute approximate surface area is 157 Å². The zero-order valence-corrected chi connectivity index (χ0v) is 15.7. The Morgan fingerprint density at radius 3 is 2.81 bits per heavy atom. The number of ether oxygens (including phenoxy) is 1. The minimum atomic E-state index is 0.0776. The first kappa shape index (κ1) is 17.2. The molecule has 4 nitrogen and oxygen atoms in total. The topological polar surface area (TPSA) is 42.4 Å². The Hall–Kier alpha value is -2.24. The summed E-state index contributed by atoms with van der Waals surface area (Å²) in [5.74, 6) is 0.0776. The monoisotopic (exact) mass is 366 g/mol. The van der Waals surface area contributed by atoms with Crippen LogP contribution in [0.2, 0.25) is 0 Å². The molecule has 4 rings (SSSR count). The number of carbonyl (C=O) groups excluding carboxylic acids is 1. The van der Waals surface area contributed by atoms with Crippen molar-refractivity contribution in [2.45, 2.75) is 32.3 Å². The van der Waals surface area contributed by atoms with Crippen LogP contribution in [0.15, 0.2) is 48.5 Å². The Kier molecular flexibility index (Phi) is 5.00. The SMILES string of the molecule is Cc1ccccc1CC(=O)N(C[C@H]1CCCO1)c1nc2ccccc2s1. The van der Waals surface area contributed by atoms with Gasteiger partial charge in [-0.25, -0.2) is 4.98 Å². The lowest BCUT2D eigenvalue weighted by atomic mass is 10.1. The van der Waals surface area contributed by atoms with E-state index in [1.54, 1.807) is 11.3 Å². The Morgan fingerprint density at radius 2 is 2.04 bits per heavy atom. The van der Waals surface area contributed by atoms with Gasteiger partial charge in [0.25, 0.3) is 0 Å². The van der Waals surface area contributed by atoms with Crippen LogP contribution in [0.4, 0.5) is 5.13 Å². The van der Waals surface area contributed by atoms with E-state index in [0.29, 0.717) is 13.0 Å². The van der Waals surface area contributed by atoms with E-state index < -0.39 is 0 Å². The van der Waals surface area contributed by atoms with Crippen molar-refractivity contribution in [1.29, 1.82) is 0 Å². The summed E-state index contributed by atoms with van der Waals surface area (Å²) in [7, 11) is 0. The van der Waals surface area contributed by atoms with Gasteiger partial charge in [0.05, 0.1) is 29.3 Å². The summed E-state index contributed by atoms with van der Waals surface area (Å²) in [4.78, 5) is 19.7. The van der Waals surface area contributed by atoms with E-state index in [0.717, 1.165) is 45.9 Å². The zero-order chi connectivity index (χ0) is 17.9. The number of para-hydroxylation sites is 1. The zero-order valence-electron chi connectivity index (χ0n) is 14.9. The number of anilines is 1. The first-order chi connectivity index (χ1) is 12.7. The van der Waals surface area contributed by atoms with E-state index in [1.165, 1.54) is 0 Å².